The average molecular weight is 399 g/mol. The molecule has 29 heavy (non-hydrogen) atoms. The van der Waals surface area contributed by atoms with Gasteiger partial charge < -0.3 is 15.2 Å². The van der Waals surface area contributed by atoms with Crippen LogP contribution in [0.2, 0.25) is 0 Å². The maximum atomic E-state index is 12.8. The summed E-state index contributed by atoms with van der Waals surface area (Å²) in [7, 11) is 0. The quantitative estimate of drug-likeness (QED) is 0.678. The smallest absolute Gasteiger partial charge is 0.360 e. The molecular weight excluding hydrogens is 379 g/mol. The van der Waals surface area contributed by atoms with Crippen molar-refractivity contribution in [3.63, 3.8) is 0 Å². The Hall–Kier alpha value is -3.14. The van der Waals surface area contributed by atoms with Gasteiger partial charge in [-0.05, 0) is 67.3 Å². The van der Waals surface area contributed by atoms with Crippen molar-refractivity contribution in [2.45, 2.75) is 31.5 Å². The third-order valence-corrected chi connectivity index (χ3v) is 5.31. The van der Waals surface area contributed by atoms with Crippen LogP contribution in [0, 0.1) is 12.1 Å². The molecule has 1 aromatic heterocycles. The fourth-order valence-electron chi connectivity index (χ4n) is 3.84. The van der Waals surface area contributed by atoms with E-state index in [1.165, 1.54) is 12.1 Å². The van der Waals surface area contributed by atoms with Gasteiger partial charge >= 0.3 is 6.18 Å². The summed E-state index contributed by atoms with van der Waals surface area (Å²) in [6, 6.07) is 14.3. The van der Waals surface area contributed by atoms with Crippen LogP contribution in [0.3, 0.4) is 0 Å². The molecule has 1 aliphatic heterocycles. The van der Waals surface area contributed by atoms with Crippen molar-refractivity contribution in [3.05, 3.63) is 65.9 Å². The van der Waals surface area contributed by atoms with Crippen molar-refractivity contribution in [2.24, 2.45) is 0 Å². The number of rotatable bonds is 5. The Balaban J connectivity index is 1.37. The molecule has 0 spiro atoms. The Labute approximate surface area is 166 Å². The molecule has 1 saturated heterocycles. The van der Waals surface area contributed by atoms with Gasteiger partial charge in [-0.1, -0.05) is 6.07 Å². The molecule has 0 unspecified atom stereocenters. The van der Waals surface area contributed by atoms with Crippen LogP contribution in [-0.2, 0) is 17.4 Å². The molecule has 1 aliphatic rings. The van der Waals surface area contributed by atoms with Crippen molar-refractivity contribution >= 4 is 22.5 Å². The number of halogens is 3. The van der Waals surface area contributed by atoms with Gasteiger partial charge in [0.15, 0.2) is 0 Å². The second-order valence-corrected chi connectivity index (χ2v) is 7.14. The fraction of sp³-hybridized carbons (Fsp3) is 0.318. The number of amides is 1. The molecule has 2 heterocycles. The van der Waals surface area contributed by atoms with Crippen molar-refractivity contribution in [2.75, 3.05) is 18.0 Å². The highest BCUT2D eigenvalue weighted by molar-refractivity contribution is 5.86. The zero-order valence-corrected chi connectivity index (χ0v) is 15.6. The molecule has 2 aromatic carbocycles. The number of carbonyl (C=O) groups excluding carboxylic acids is 1. The minimum absolute atomic E-state index is 0.0952. The number of benzene rings is 1. The van der Waals surface area contributed by atoms with Gasteiger partial charge in [-0.25, -0.2) is 0 Å². The summed E-state index contributed by atoms with van der Waals surface area (Å²) in [5, 5.41) is 4.03. The molecule has 1 amide bonds. The van der Waals surface area contributed by atoms with Crippen LogP contribution in [0.25, 0.3) is 10.9 Å². The van der Waals surface area contributed by atoms with E-state index in [0.717, 1.165) is 35.0 Å². The van der Waals surface area contributed by atoms with Gasteiger partial charge in [0, 0.05) is 30.4 Å². The van der Waals surface area contributed by atoms with Crippen LogP contribution in [-0.4, -0.2) is 30.0 Å². The summed E-state index contributed by atoms with van der Waals surface area (Å²) in [5.41, 5.74) is 1.93. The topological polar surface area (TPSA) is 48.1 Å². The molecular formula is C22H20F3N3O. The van der Waals surface area contributed by atoms with Crippen LogP contribution in [0.4, 0.5) is 18.9 Å². The number of hydrogen-bond donors (Lipinski definition) is 2. The number of carbonyl (C=O) groups is 1. The Bertz CT molecular complexity index is 994. The number of hydrogen-bond acceptors (Lipinski definition) is 2. The predicted octanol–water partition coefficient (Wildman–Crippen LogP) is 4.11. The lowest BCUT2D eigenvalue weighted by molar-refractivity contribution is -0.137. The van der Waals surface area contributed by atoms with Crippen molar-refractivity contribution < 1.29 is 18.0 Å². The maximum absolute atomic E-state index is 12.8. The molecule has 4 nitrogen and oxygen atoms in total. The lowest BCUT2D eigenvalue weighted by atomic mass is 10.1. The minimum Gasteiger partial charge on any atom is -0.360 e. The second kappa shape index (κ2) is 7.70. The number of anilines is 1. The molecule has 0 bridgehead atoms. The van der Waals surface area contributed by atoms with Crippen LogP contribution < -0.4 is 10.2 Å². The first-order valence-corrected chi connectivity index (χ1v) is 9.53. The molecule has 0 radical (unpaired) electrons. The zero-order valence-electron chi connectivity index (χ0n) is 15.6. The summed E-state index contributed by atoms with van der Waals surface area (Å²) in [6.45, 7) is 1.14. The summed E-state index contributed by atoms with van der Waals surface area (Å²) >= 11 is 0. The third kappa shape index (κ3) is 4.02. The van der Waals surface area contributed by atoms with Crippen LogP contribution >= 0.6 is 0 Å². The van der Waals surface area contributed by atoms with E-state index < -0.39 is 11.7 Å². The van der Waals surface area contributed by atoms with E-state index in [1.54, 1.807) is 6.07 Å². The summed E-state index contributed by atoms with van der Waals surface area (Å²) in [6.07, 6.45) is -0.265. The molecule has 7 heteroatoms. The van der Waals surface area contributed by atoms with Crippen LogP contribution in [0.15, 0.2) is 42.6 Å². The number of aromatic nitrogens is 1. The number of nitrogens with zero attached hydrogens (tertiary/aromatic N) is 1. The van der Waals surface area contributed by atoms with Crippen molar-refractivity contribution in [1.82, 2.24) is 10.3 Å². The number of alkyl halides is 3. The highest BCUT2D eigenvalue weighted by Gasteiger charge is 2.33. The van der Waals surface area contributed by atoms with Crippen molar-refractivity contribution in [1.29, 1.82) is 0 Å². The Kier molecular flexibility index (Phi) is 5.10. The predicted molar refractivity (Wildman–Crippen MR) is 104 cm³/mol. The van der Waals surface area contributed by atoms with Gasteiger partial charge in [0.2, 0.25) is 5.91 Å². The van der Waals surface area contributed by atoms with Gasteiger partial charge in [0.05, 0.1) is 11.1 Å². The Morgan fingerprint density at radius 3 is 2.79 bits per heavy atom. The number of nitrogens with one attached hydrogen (secondary N) is 2. The largest absolute Gasteiger partial charge is 0.416 e. The lowest BCUT2D eigenvalue weighted by Gasteiger charge is -2.26. The van der Waals surface area contributed by atoms with Gasteiger partial charge in [-0.2, -0.15) is 13.2 Å². The number of aromatic amines is 1. The SMILES string of the molecule is O=C(NCCc1c[nH]c2c#cccc12)[C@H]1CCCN1c1ccc(C(F)(F)F)cc1. The van der Waals surface area contributed by atoms with E-state index in [9.17, 15) is 18.0 Å². The Morgan fingerprint density at radius 1 is 1.24 bits per heavy atom. The van der Waals surface area contributed by atoms with E-state index in [1.807, 2.05) is 17.2 Å². The normalized spacial score (nSPS) is 16.8. The van der Waals surface area contributed by atoms with E-state index in [2.05, 4.69) is 22.4 Å². The lowest BCUT2D eigenvalue weighted by Crippen LogP contribution is -2.44. The fourth-order valence-corrected chi connectivity index (χ4v) is 3.84. The first-order chi connectivity index (χ1) is 13.9. The number of fused-ring (bicyclic) bond motifs is 1. The van der Waals surface area contributed by atoms with Crippen LogP contribution in [0.1, 0.15) is 24.0 Å². The van der Waals surface area contributed by atoms with E-state index in [0.29, 0.717) is 31.6 Å². The molecule has 0 aliphatic carbocycles. The van der Waals surface area contributed by atoms with Gasteiger partial charge in [-0.15, -0.1) is 0 Å². The van der Waals surface area contributed by atoms with E-state index in [4.69, 9.17) is 0 Å². The first kappa shape index (κ1) is 19.2. The standard InChI is InChI=1S/C22H20F3N3O/c23-22(24,25)16-7-9-17(10-8-16)28-13-3-6-20(28)21(29)26-12-11-15-14-27-19-5-2-1-4-18(15)19/h1,4,7-10,14,20,27H,3,6,11-13H2,(H,26,29)/t20-/m1/s1. The average Bonchev–Trinajstić information content (AvgIpc) is 3.35. The maximum Gasteiger partial charge on any atom is 0.416 e. The van der Waals surface area contributed by atoms with Crippen molar-refractivity contribution in [3.8, 4) is 0 Å². The summed E-state index contributed by atoms with van der Waals surface area (Å²) < 4.78 is 38.3. The molecule has 2 N–H and O–H groups in total. The minimum atomic E-state index is -4.36. The molecule has 1 atom stereocenters. The van der Waals surface area contributed by atoms with E-state index >= 15 is 0 Å². The second-order valence-electron chi connectivity index (χ2n) is 7.14. The number of H-pyrrole nitrogens is 1. The molecule has 3 aromatic rings. The highest BCUT2D eigenvalue weighted by atomic mass is 19.4. The van der Waals surface area contributed by atoms with Gasteiger partial charge in [0.25, 0.3) is 0 Å². The van der Waals surface area contributed by atoms with E-state index in [-0.39, 0.29) is 11.9 Å². The monoisotopic (exact) mass is 399 g/mol. The van der Waals surface area contributed by atoms with Gasteiger partial charge in [0.1, 0.15) is 6.04 Å². The molecule has 1 fully saturated rings. The van der Waals surface area contributed by atoms with Gasteiger partial charge in [-0.3, -0.25) is 4.79 Å². The first-order valence-electron chi connectivity index (χ1n) is 9.53. The molecule has 4 rings (SSSR count). The molecule has 0 saturated carbocycles. The third-order valence-electron chi connectivity index (χ3n) is 5.31. The zero-order chi connectivity index (χ0) is 20.4. The summed E-state index contributed by atoms with van der Waals surface area (Å²) in [5.74, 6) is -0.0952. The summed E-state index contributed by atoms with van der Waals surface area (Å²) in [4.78, 5) is 17.7. The van der Waals surface area contributed by atoms with Crippen LogP contribution in [0.5, 0.6) is 0 Å². The molecule has 150 valence electrons. The highest BCUT2D eigenvalue weighted by Crippen LogP contribution is 2.32. The Morgan fingerprint density at radius 2 is 2.03 bits per heavy atom.